The molecule has 88 valence electrons. The Morgan fingerprint density at radius 2 is 1.94 bits per heavy atom. The highest BCUT2D eigenvalue weighted by molar-refractivity contribution is 7.58. The molecule has 1 heterocycles. The van der Waals surface area contributed by atoms with Crippen molar-refractivity contribution in [3.63, 3.8) is 0 Å². The lowest BCUT2D eigenvalue weighted by Gasteiger charge is -2.17. The van der Waals surface area contributed by atoms with Crippen LogP contribution in [-0.2, 0) is 25.5 Å². The summed E-state index contributed by atoms with van der Waals surface area (Å²) in [4.78, 5) is 4.40. The predicted octanol–water partition coefficient (Wildman–Crippen LogP) is 3.01. The van der Waals surface area contributed by atoms with Crippen molar-refractivity contribution in [2.24, 2.45) is 0 Å². The summed E-state index contributed by atoms with van der Waals surface area (Å²) in [6.45, 7) is 0. The molecule has 1 aromatic heterocycles. The number of benzene rings is 1. The first-order chi connectivity index (χ1) is 8.81. The highest BCUT2D eigenvalue weighted by Crippen LogP contribution is 2.35. The highest BCUT2D eigenvalue weighted by Gasteiger charge is 2.20. The summed E-state index contributed by atoms with van der Waals surface area (Å²) in [7, 11) is 0. The van der Waals surface area contributed by atoms with Crippen LogP contribution in [0.5, 0.6) is 0 Å². The molecule has 2 aromatic rings. The molecule has 0 N–H and O–H groups in total. The van der Waals surface area contributed by atoms with Crippen molar-refractivity contribution in [2.45, 2.75) is 24.3 Å². The number of nitriles is 1. The van der Waals surface area contributed by atoms with E-state index < -0.39 is 0 Å². The van der Waals surface area contributed by atoms with Crippen LogP contribution in [0, 0.1) is 11.3 Å². The third kappa shape index (κ3) is 1.66. The van der Waals surface area contributed by atoms with E-state index >= 15 is 0 Å². The Labute approximate surface area is 112 Å². The molecule has 0 bridgehead atoms. The fourth-order valence-corrected chi connectivity index (χ4v) is 2.84. The fraction of sp³-hybridized carbons (Fsp3) is 0.200. The van der Waals surface area contributed by atoms with Crippen molar-refractivity contribution in [3.8, 4) is 17.2 Å². The van der Waals surface area contributed by atoms with Crippen LogP contribution in [0.2, 0.25) is 0 Å². The molecule has 1 aromatic carbocycles. The molecular weight excluding hydrogens is 240 g/mol. The van der Waals surface area contributed by atoms with Crippen LogP contribution in [0.15, 0.2) is 35.4 Å². The Balaban J connectivity index is 2.34. The Morgan fingerprint density at radius 3 is 2.67 bits per heavy atom. The van der Waals surface area contributed by atoms with E-state index in [0.29, 0.717) is 10.6 Å². The van der Waals surface area contributed by atoms with Gasteiger partial charge in [-0.1, -0.05) is 35.4 Å². The second-order valence-corrected chi connectivity index (χ2v) is 4.81. The normalized spacial score (nSPS) is 13.1. The van der Waals surface area contributed by atoms with Crippen LogP contribution in [0.4, 0.5) is 0 Å². The van der Waals surface area contributed by atoms with E-state index in [-0.39, 0.29) is 0 Å². The molecule has 3 heteroatoms. The molecule has 0 saturated carbocycles. The molecule has 2 nitrogen and oxygen atoms in total. The molecule has 1 aliphatic carbocycles. The average molecular weight is 251 g/mol. The number of aromatic nitrogens is 1. The van der Waals surface area contributed by atoms with Crippen molar-refractivity contribution >= 4 is 12.6 Å². The summed E-state index contributed by atoms with van der Waals surface area (Å²) < 4.78 is 0. The van der Waals surface area contributed by atoms with E-state index in [1.54, 1.807) is 0 Å². The van der Waals surface area contributed by atoms with Crippen molar-refractivity contribution < 1.29 is 0 Å². The number of rotatable bonds is 1. The number of hydrogen-bond donors (Lipinski definition) is 0. The molecule has 0 radical (unpaired) electrons. The van der Waals surface area contributed by atoms with Gasteiger partial charge in [-0.25, -0.2) is 0 Å². The third-order valence-corrected chi connectivity index (χ3v) is 3.66. The van der Waals surface area contributed by atoms with Gasteiger partial charge in [-0.15, -0.1) is 0 Å². The number of aryl methyl sites for hydroxylation is 1. The average Bonchev–Trinajstić information content (AvgIpc) is 2.85. The second-order valence-electron chi connectivity index (χ2n) is 4.42. The van der Waals surface area contributed by atoms with Gasteiger partial charge in [0.15, 0.2) is 0 Å². The van der Waals surface area contributed by atoms with Gasteiger partial charge in [-0.05, 0) is 30.4 Å². The Bertz CT molecular complexity index is 641. The van der Waals surface area contributed by atoms with Crippen LogP contribution in [0.3, 0.4) is 0 Å². The van der Waals surface area contributed by atoms with Gasteiger partial charge < -0.3 is 12.6 Å². The van der Waals surface area contributed by atoms with E-state index in [4.69, 9.17) is 12.6 Å². The van der Waals surface area contributed by atoms with Crippen LogP contribution in [0.1, 0.15) is 23.2 Å². The molecule has 0 amide bonds. The molecule has 0 fully saturated rings. The van der Waals surface area contributed by atoms with E-state index in [9.17, 15) is 5.26 Å². The van der Waals surface area contributed by atoms with Gasteiger partial charge in [-0.3, -0.25) is 4.98 Å². The summed E-state index contributed by atoms with van der Waals surface area (Å²) in [5.41, 5.74) is 4.92. The largest absolute Gasteiger partial charge is 0.759 e. The Morgan fingerprint density at radius 1 is 1.17 bits per heavy atom. The first-order valence-corrected chi connectivity index (χ1v) is 6.40. The minimum absolute atomic E-state index is 0.442. The summed E-state index contributed by atoms with van der Waals surface area (Å²) in [5.74, 6) is 0. The smallest absolute Gasteiger partial charge is 0.0998 e. The maximum atomic E-state index is 9.34. The van der Waals surface area contributed by atoms with Gasteiger partial charge in [-0.2, -0.15) is 5.26 Å². The second kappa shape index (κ2) is 4.40. The van der Waals surface area contributed by atoms with Gasteiger partial charge in [0.05, 0.1) is 11.6 Å². The topological polar surface area (TPSA) is 36.7 Å². The molecule has 0 spiro atoms. The molecule has 0 atom stereocenters. The van der Waals surface area contributed by atoms with E-state index in [1.165, 1.54) is 5.56 Å². The third-order valence-electron chi connectivity index (χ3n) is 3.37. The maximum Gasteiger partial charge on any atom is 0.0998 e. The Kier molecular flexibility index (Phi) is 2.73. The minimum atomic E-state index is 0.442. The number of fused-ring (bicyclic) bond motifs is 1. The molecule has 0 unspecified atom stereocenters. The SMILES string of the molecule is N#Cc1c([S-])nc2c(c1-c1ccccc1)CCC2. The number of hydrogen-bond acceptors (Lipinski definition) is 3. The van der Waals surface area contributed by atoms with E-state index in [2.05, 4.69) is 11.1 Å². The predicted molar refractivity (Wildman–Crippen MR) is 72.0 cm³/mol. The quantitative estimate of drug-likeness (QED) is 0.731. The van der Waals surface area contributed by atoms with Gasteiger partial charge in [0.25, 0.3) is 0 Å². The molecular formula is C15H11N2S-. The zero-order chi connectivity index (χ0) is 12.5. The van der Waals surface area contributed by atoms with Crippen LogP contribution in [0.25, 0.3) is 11.1 Å². The van der Waals surface area contributed by atoms with Gasteiger partial charge in [0.2, 0.25) is 0 Å². The van der Waals surface area contributed by atoms with Crippen LogP contribution < -0.4 is 0 Å². The molecule has 0 aliphatic heterocycles. The van der Waals surface area contributed by atoms with E-state index in [1.807, 2.05) is 30.3 Å². The zero-order valence-electron chi connectivity index (χ0n) is 9.81. The van der Waals surface area contributed by atoms with Crippen molar-refractivity contribution in [1.82, 2.24) is 4.98 Å². The molecule has 18 heavy (non-hydrogen) atoms. The number of nitrogens with zero attached hydrogens (tertiary/aromatic N) is 2. The lowest BCUT2D eigenvalue weighted by molar-refractivity contribution is 0.891. The van der Waals surface area contributed by atoms with Crippen molar-refractivity contribution in [3.05, 3.63) is 47.2 Å². The van der Waals surface area contributed by atoms with Crippen LogP contribution >= 0.6 is 0 Å². The summed E-state index contributed by atoms with van der Waals surface area (Å²) >= 11 is 5.25. The number of pyridine rings is 1. The van der Waals surface area contributed by atoms with Gasteiger partial charge >= 0.3 is 0 Å². The maximum absolute atomic E-state index is 9.34. The first-order valence-electron chi connectivity index (χ1n) is 5.99. The standard InChI is InChI=1S/C15H12N2S/c16-9-12-14(10-5-2-1-3-6-10)11-7-4-8-13(11)17-15(12)18/h1-3,5-6H,4,7-8H2,(H,17,18)/p-1. The lowest BCUT2D eigenvalue weighted by atomic mass is 9.95. The fourth-order valence-electron chi connectivity index (χ4n) is 2.58. The van der Waals surface area contributed by atoms with Crippen LogP contribution in [-0.4, -0.2) is 4.98 Å². The molecule has 1 aliphatic rings. The summed E-state index contributed by atoms with van der Waals surface area (Å²) in [6, 6.07) is 12.2. The monoisotopic (exact) mass is 251 g/mol. The highest BCUT2D eigenvalue weighted by atomic mass is 32.1. The summed E-state index contributed by atoms with van der Waals surface area (Å²) in [6.07, 6.45) is 3.08. The zero-order valence-corrected chi connectivity index (χ0v) is 10.6. The van der Waals surface area contributed by atoms with Gasteiger partial charge in [0.1, 0.15) is 0 Å². The van der Waals surface area contributed by atoms with Gasteiger partial charge in [0, 0.05) is 11.3 Å². The molecule has 0 saturated heterocycles. The van der Waals surface area contributed by atoms with E-state index in [0.717, 1.165) is 36.1 Å². The summed E-state index contributed by atoms with van der Waals surface area (Å²) in [5, 5.41) is 9.78. The Hall–Kier alpha value is -1.92. The first kappa shape index (κ1) is 11.2. The minimum Gasteiger partial charge on any atom is -0.759 e. The lowest BCUT2D eigenvalue weighted by Crippen LogP contribution is -2.00. The van der Waals surface area contributed by atoms with Crippen molar-refractivity contribution in [2.75, 3.05) is 0 Å². The molecule has 3 rings (SSSR count). The van der Waals surface area contributed by atoms with Crippen molar-refractivity contribution in [1.29, 1.82) is 5.26 Å².